The first-order chi connectivity index (χ1) is 64.3. The molecular weight excluding hydrogens is 1710 g/mol. The van der Waals surface area contributed by atoms with Gasteiger partial charge in [-0.1, -0.05) is 171 Å². The maximum Gasteiger partial charge on any atom is 0.229 e. The van der Waals surface area contributed by atoms with Crippen LogP contribution >= 0.6 is 0 Å². The number of aliphatic hydroxyl groups is 1. The first-order valence-electron chi connectivity index (χ1n) is 53.4. The molecule has 15 nitrogen and oxygen atoms in total. The van der Waals surface area contributed by atoms with E-state index >= 15 is 0 Å². The molecule has 137 heavy (non-hydrogen) atoms. The highest BCUT2D eigenvalue weighted by molar-refractivity contribution is 6.47. The zero-order valence-corrected chi connectivity index (χ0v) is 90.9. The molecule has 0 aliphatic heterocycles. The average molecular weight is 1880 g/mol. The molecule has 5 aromatic carbocycles. The van der Waals surface area contributed by atoms with Gasteiger partial charge in [0.15, 0.2) is 57.5 Å². The van der Waals surface area contributed by atoms with Crippen LogP contribution in [-0.2, 0) is 62.5 Å². The summed E-state index contributed by atoms with van der Waals surface area (Å²) in [5.41, 5.74) is 18.1. The van der Waals surface area contributed by atoms with Crippen molar-refractivity contribution in [2.75, 3.05) is 71.1 Å². The van der Waals surface area contributed by atoms with Crippen LogP contribution in [0.1, 0.15) is 394 Å². The molecule has 0 amide bonds. The molecule has 754 valence electrons. The monoisotopic (exact) mass is 1880 g/mol. The standard InChI is InChI=1S/C25H38O3.C25H38O2.2C24H32O4.C24H36O2/c1-23(2)11-7-12-24(3)19(23)10-13-25(4)20(24)9-8-17-21(25)16(15-26)14-18(27-5)22(17)28-6;1-16-15-18(26-6)22(27-7)17-9-10-20-24(4)13-8-12-23(2,3)19(24)11-14-25(20,5)21(16)17;2*1-22(2)9-7-10-24(4)18(22)8-11-23(3)15-13-17(28-6)16(27-5)12-14(15)19(25)20(26)21(23)24;1-15-13-17(25-6)21(26-7)16-14-19-23(4)11-8-10-22(2,3)18(23)9-12-24(19,5)20(15)16/h14,19-20,26H,7-13,15H2,1-6H3;15,19-20H,8-14H2,1-7H3;2*12-13,18,21H,7-11H2,1-6H3;13,18-19H,8-12,14H2,1-7H3/t2*19?,20-,24+,25-;2*18?,21-,23-,24-;18?,19-,23+,24-/m11001/s1. The van der Waals surface area contributed by atoms with Crippen molar-refractivity contribution in [3.05, 3.63) is 115 Å². The number of rotatable bonds is 11. The summed E-state index contributed by atoms with van der Waals surface area (Å²) in [6.07, 6.45) is 36.7. The molecule has 5 aromatic rings. The Morgan fingerprint density at radius 2 is 0.547 bits per heavy atom. The van der Waals surface area contributed by atoms with Crippen molar-refractivity contribution in [3.8, 4) is 57.5 Å². The number of aryl methyl sites for hydroxylation is 2. The third-order valence-electron chi connectivity index (χ3n) is 43.6. The highest BCUT2D eigenvalue weighted by Gasteiger charge is 2.69. The molecule has 15 heteroatoms. The Hall–Kier alpha value is -7.26. The molecule has 15 aliphatic rings. The number of hydrogen-bond acceptors (Lipinski definition) is 15. The van der Waals surface area contributed by atoms with E-state index in [0.717, 1.165) is 145 Å². The van der Waals surface area contributed by atoms with Crippen molar-refractivity contribution in [2.24, 2.45) is 113 Å². The van der Waals surface area contributed by atoms with Gasteiger partial charge in [0.05, 0.1) is 77.7 Å². The maximum atomic E-state index is 13.5. The summed E-state index contributed by atoms with van der Waals surface area (Å²) in [6, 6.07) is 13.7. The molecule has 20 atom stereocenters. The largest absolute Gasteiger partial charge is 0.493 e. The Morgan fingerprint density at radius 3 is 0.876 bits per heavy atom. The Kier molecular flexibility index (Phi) is 26.9. The lowest BCUT2D eigenvalue weighted by Gasteiger charge is -2.64. The molecule has 0 spiro atoms. The predicted octanol–water partition coefficient (Wildman–Crippen LogP) is 28.1. The lowest BCUT2D eigenvalue weighted by atomic mass is 9.40. The van der Waals surface area contributed by atoms with Gasteiger partial charge in [-0.2, -0.15) is 0 Å². The van der Waals surface area contributed by atoms with Crippen LogP contribution in [-0.4, -0.2) is 99.3 Å². The molecule has 20 rings (SSSR count). The summed E-state index contributed by atoms with van der Waals surface area (Å²) in [7, 11) is 16.9. The number of ether oxygens (including phenoxy) is 10. The molecule has 0 saturated heterocycles. The van der Waals surface area contributed by atoms with Gasteiger partial charge in [-0.25, -0.2) is 0 Å². The van der Waals surface area contributed by atoms with E-state index in [1.165, 1.54) is 155 Å². The fourth-order valence-corrected chi connectivity index (χ4v) is 38.5. The van der Waals surface area contributed by atoms with E-state index in [2.05, 4.69) is 164 Å². The van der Waals surface area contributed by atoms with Crippen LogP contribution in [0.15, 0.2) is 42.5 Å². The maximum absolute atomic E-state index is 13.5. The Labute approximate surface area is 825 Å². The summed E-state index contributed by atoms with van der Waals surface area (Å²) in [5, 5.41) is 10.3. The SMILES string of the molecule is COc1cc(C)c2c(c1OC)CC[C@H]1[C@@]2(C)CCC2C(C)(C)CCC[C@@]21C.COc1cc(C)c2c(c1OC)C[C@H]1[C@@]2(C)CCC2C(C)(C)CCC[C@@]21C.COc1cc(CO)c2c(c1OC)CC[C@H]1[C@@]2(C)CCC2C(C)(C)CCC[C@@]21C.COc1cc2c(cc1OC)[C@]1(C)CCC3C(C)(C)CCC[C@]3(C)[C@H]1C(=O)C2=O.COc1cc2c(cc1OC)[C@]1(C)CCC3C(C)(C)CCC[C@]3(C)[C@H]1C(=O)C2=O. The summed E-state index contributed by atoms with van der Waals surface area (Å²) in [4.78, 5) is 53.5. The summed E-state index contributed by atoms with van der Waals surface area (Å²) >= 11 is 0. The number of fused-ring (bicyclic) bond motifs is 25. The van der Waals surface area contributed by atoms with Crippen LogP contribution in [0.25, 0.3) is 0 Å². The number of benzene rings is 5. The van der Waals surface area contributed by atoms with Crippen molar-refractivity contribution in [1.29, 1.82) is 0 Å². The molecule has 0 radical (unpaired) electrons. The fourth-order valence-electron chi connectivity index (χ4n) is 38.5. The van der Waals surface area contributed by atoms with Crippen molar-refractivity contribution in [1.82, 2.24) is 0 Å². The van der Waals surface area contributed by atoms with Gasteiger partial charge in [-0.15, -0.1) is 0 Å². The van der Waals surface area contributed by atoms with Gasteiger partial charge in [0.2, 0.25) is 23.1 Å². The van der Waals surface area contributed by atoms with E-state index < -0.39 is 0 Å². The molecule has 10 saturated carbocycles. The Balaban J connectivity index is 0.000000124. The molecule has 1 N–H and O–H groups in total. The minimum Gasteiger partial charge on any atom is -0.493 e. The van der Waals surface area contributed by atoms with Crippen LogP contribution in [0.4, 0.5) is 0 Å². The third-order valence-corrected chi connectivity index (χ3v) is 43.6. The quantitative estimate of drug-likeness (QED) is 0.123. The lowest BCUT2D eigenvalue weighted by Crippen LogP contribution is -2.61. The number of ketones is 4. The van der Waals surface area contributed by atoms with E-state index in [4.69, 9.17) is 47.4 Å². The summed E-state index contributed by atoms with van der Waals surface area (Å²) in [6.45, 7) is 53.5. The van der Waals surface area contributed by atoms with Gasteiger partial charge in [0.25, 0.3) is 0 Å². The normalized spacial score (nSPS) is 36.6. The van der Waals surface area contributed by atoms with E-state index in [1.807, 2.05) is 18.2 Å². The van der Waals surface area contributed by atoms with E-state index in [-0.39, 0.29) is 90.3 Å². The first kappa shape index (κ1) is 103. The average Bonchev–Trinajstić information content (AvgIpc) is 1.29. The zero-order chi connectivity index (χ0) is 99.8. The number of carbonyl (C=O) groups excluding carboxylic acids is 4. The molecule has 0 bridgehead atoms. The zero-order valence-electron chi connectivity index (χ0n) is 90.9. The number of aliphatic hydroxyl groups excluding tert-OH is 1. The molecule has 10 fully saturated rings. The van der Waals surface area contributed by atoms with Gasteiger partial charge in [-0.3, -0.25) is 19.2 Å². The van der Waals surface area contributed by atoms with Crippen LogP contribution in [0.2, 0.25) is 0 Å². The summed E-state index contributed by atoms with van der Waals surface area (Å²) in [5.74, 6) is 11.6. The van der Waals surface area contributed by atoms with Crippen molar-refractivity contribution in [3.63, 3.8) is 0 Å². The second kappa shape index (κ2) is 35.9. The predicted molar refractivity (Wildman–Crippen MR) is 549 cm³/mol. The first-order valence-corrected chi connectivity index (χ1v) is 53.4. The highest BCUT2D eigenvalue weighted by atomic mass is 16.5. The van der Waals surface area contributed by atoms with Crippen LogP contribution in [0, 0.1) is 127 Å². The second-order valence-corrected chi connectivity index (χ2v) is 52.3. The molecule has 15 aliphatic carbocycles. The van der Waals surface area contributed by atoms with Gasteiger partial charge in [0.1, 0.15) is 0 Å². The third kappa shape index (κ3) is 15.5. The van der Waals surface area contributed by atoms with E-state index in [9.17, 15) is 24.3 Å². The Bertz CT molecular complexity index is 5360. The molecule has 5 unspecified atom stereocenters. The minimum absolute atomic E-state index is 0.0661. The fraction of sp³-hybridized carbons (Fsp3) is 0.721. The van der Waals surface area contributed by atoms with E-state index in [0.29, 0.717) is 90.3 Å². The van der Waals surface area contributed by atoms with E-state index in [1.54, 1.807) is 94.4 Å². The van der Waals surface area contributed by atoms with Gasteiger partial charge < -0.3 is 52.5 Å². The van der Waals surface area contributed by atoms with Crippen molar-refractivity contribution < 1.29 is 71.7 Å². The van der Waals surface area contributed by atoms with Crippen LogP contribution in [0.3, 0.4) is 0 Å². The number of hydrogen-bond donors (Lipinski definition) is 1. The highest BCUT2D eigenvalue weighted by Crippen LogP contribution is 2.75. The number of Topliss-reactive ketones (excluding diaryl/α,β-unsaturated/α-hetero) is 4. The number of carbonyl (C=O) groups is 4. The molecule has 0 heterocycles. The lowest BCUT2D eigenvalue weighted by molar-refractivity contribution is -0.146. The Morgan fingerprint density at radius 1 is 0.277 bits per heavy atom. The van der Waals surface area contributed by atoms with Crippen LogP contribution < -0.4 is 47.4 Å². The van der Waals surface area contributed by atoms with Gasteiger partial charge in [0, 0.05) is 50.5 Å². The topological polar surface area (TPSA) is 181 Å². The smallest absolute Gasteiger partial charge is 0.229 e. The second-order valence-electron chi connectivity index (χ2n) is 52.3. The summed E-state index contributed by atoms with van der Waals surface area (Å²) < 4.78 is 56.3. The van der Waals surface area contributed by atoms with Crippen LogP contribution in [0.5, 0.6) is 57.5 Å². The number of methoxy groups -OCH3 is 10. The van der Waals surface area contributed by atoms with Crippen molar-refractivity contribution in [2.45, 2.75) is 379 Å². The molecular formula is C122H176O15. The van der Waals surface area contributed by atoms with Crippen molar-refractivity contribution >= 4 is 23.1 Å². The minimum atomic E-state index is -0.358. The van der Waals surface area contributed by atoms with Gasteiger partial charge >= 0.3 is 0 Å². The van der Waals surface area contributed by atoms with Gasteiger partial charge in [-0.05, 0) is 379 Å². The molecule has 0 aromatic heterocycles.